The second-order valence-corrected chi connectivity index (χ2v) is 6.59. The van der Waals surface area contributed by atoms with Gasteiger partial charge in [-0.15, -0.1) is 10.2 Å². The fourth-order valence-corrected chi connectivity index (χ4v) is 3.35. The van der Waals surface area contributed by atoms with Crippen molar-refractivity contribution in [3.05, 3.63) is 66.1 Å². The standard InChI is InChI=1S/C21H19N3O5/c1-27-21(26)18-10-15-4-2-3-5-16(15)11-24(18)19(25)12-28-17-8-6-14(7-9-17)20-23-22-13-29-20/h2-9,13,18H,10-12H2,1H3/t18-/m0/s1. The monoisotopic (exact) mass is 393 g/mol. The number of carbonyl (C=O) groups excluding carboxylic acids is 2. The molecule has 4 rings (SSSR count). The van der Waals surface area contributed by atoms with E-state index in [2.05, 4.69) is 10.2 Å². The first-order valence-corrected chi connectivity index (χ1v) is 9.09. The van der Waals surface area contributed by atoms with Crippen molar-refractivity contribution in [1.29, 1.82) is 0 Å². The fraction of sp³-hybridized carbons (Fsp3) is 0.238. The summed E-state index contributed by atoms with van der Waals surface area (Å²) in [5.41, 5.74) is 2.81. The summed E-state index contributed by atoms with van der Waals surface area (Å²) >= 11 is 0. The average molecular weight is 393 g/mol. The summed E-state index contributed by atoms with van der Waals surface area (Å²) in [6, 6.07) is 14.1. The van der Waals surface area contributed by atoms with Crippen LogP contribution in [0.2, 0.25) is 0 Å². The Morgan fingerprint density at radius 3 is 2.59 bits per heavy atom. The lowest BCUT2D eigenvalue weighted by Gasteiger charge is -2.35. The molecule has 8 nitrogen and oxygen atoms in total. The molecule has 0 saturated heterocycles. The molecule has 3 aromatic rings. The molecule has 0 saturated carbocycles. The van der Waals surface area contributed by atoms with Crippen molar-refractivity contribution in [2.75, 3.05) is 13.7 Å². The maximum absolute atomic E-state index is 12.8. The molecule has 1 aliphatic rings. The largest absolute Gasteiger partial charge is 0.484 e. The van der Waals surface area contributed by atoms with Crippen LogP contribution in [-0.4, -0.2) is 46.7 Å². The van der Waals surface area contributed by atoms with Gasteiger partial charge in [0.1, 0.15) is 11.8 Å². The molecule has 1 aliphatic heterocycles. The number of fused-ring (bicyclic) bond motifs is 1. The van der Waals surface area contributed by atoms with Crippen LogP contribution >= 0.6 is 0 Å². The molecule has 8 heteroatoms. The van der Waals surface area contributed by atoms with Gasteiger partial charge in [0.25, 0.3) is 5.91 Å². The molecular formula is C21H19N3O5. The fourth-order valence-electron chi connectivity index (χ4n) is 3.35. The van der Waals surface area contributed by atoms with Gasteiger partial charge in [-0.25, -0.2) is 4.79 Å². The molecule has 2 heterocycles. The number of aromatic nitrogens is 2. The topological polar surface area (TPSA) is 94.8 Å². The minimum atomic E-state index is -0.661. The molecule has 1 amide bonds. The number of ether oxygens (including phenoxy) is 2. The van der Waals surface area contributed by atoms with E-state index in [1.807, 2.05) is 24.3 Å². The zero-order chi connectivity index (χ0) is 20.2. The van der Waals surface area contributed by atoms with Crippen molar-refractivity contribution in [1.82, 2.24) is 15.1 Å². The summed E-state index contributed by atoms with van der Waals surface area (Å²) in [5.74, 6) is 0.210. The van der Waals surface area contributed by atoms with Gasteiger partial charge in [0.15, 0.2) is 6.61 Å². The summed E-state index contributed by atoms with van der Waals surface area (Å²) in [4.78, 5) is 26.6. The summed E-state index contributed by atoms with van der Waals surface area (Å²) in [6.07, 6.45) is 1.68. The number of carbonyl (C=O) groups is 2. The van der Waals surface area contributed by atoms with Crippen LogP contribution in [0.1, 0.15) is 11.1 Å². The smallest absolute Gasteiger partial charge is 0.328 e. The molecule has 2 aromatic carbocycles. The molecule has 0 aliphatic carbocycles. The summed E-state index contributed by atoms with van der Waals surface area (Å²) < 4.78 is 15.7. The summed E-state index contributed by atoms with van der Waals surface area (Å²) in [6.45, 7) is 0.157. The maximum atomic E-state index is 12.8. The third-order valence-electron chi connectivity index (χ3n) is 4.87. The van der Waals surface area contributed by atoms with Crippen LogP contribution in [0.25, 0.3) is 11.5 Å². The van der Waals surface area contributed by atoms with Crippen LogP contribution in [0.15, 0.2) is 59.3 Å². The van der Waals surface area contributed by atoms with Gasteiger partial charge >= 0.3 is 5.97 Å². The molecule has 148 valence electrons. The molecule has 0 N–H and O–H groups in total. The van der Waals surface area contributed by atoms with Gasteiger partial charge < -0.3 is 18.8 Å². The molecule has 1 atom stereocenters. The highest BCUT2D eigenvalue weighted by Crippen LogP contribution is 2.25. The highest BCUT2D eigenvalue weighted by molar-refractivity contribution is 5.86. The minimum absolute atomic E-state index is 0.185. The highest BCUT2D eigenvalue weighted by Gasteiger charge is 2.35. The molecule has 0 spiro atoms. The van der Waals surface area contributed by atoms with Crippen molar-refractivity contribution in [2.24, 2.45) is 0 Å². The first-order valence-electron chi connectivity index (χ1n) is 9.09. The van der Waals surface area contributed by atoms with Crippen molar-refractivity contribution in [3.8, 4) is 17.2 Å². The molecule has 1 aromatic heterocycles. The van der Waals surface area contributed by atoms with E-state index in [0.29, 0.717) is 24.6 Å². The lowest BCUT2D eigenvalue weighted by Crippen LogP contribution is -2.50. The maximum Gasteiger partial charge on any atom is 0.328 e. The third-order valence-corrected chi connectivity index (χ3v) is 4.87. The van der Waals surface area contributed by atoms with Gasteiger partial charge in [-0.05, 0) is 35.4 Å². The molecule has 0 fully saturated rings. The van der Waals surface area contributed by atoms with E-state index in [1.54, 1.807) is 24.3 Å². The first kappa shape index (κ1) is 18.7. The van der Waals surface area contributed by atoms with Gasteiger partial charge in [-0.2, -0.15) is 0 Å². The van der Waals surface area contributed by atoms with Crippen molar-refractivity contribution in [2.45, 2.75) is 19.0 Å². The number of benzene rings is 2. The van der Waals surface area contributed by atoms with E-state index in [1.165, 1.54) is 18.4 Å². The quantitative estimate of drug-likeness (QED) is 0.614. The number of rotatable bonds is 5. The van der Waals surface area contributed by atoms with Crippen LogP contribution in [0.5, 0.6) is 5.75 Å². The van der Waals surface area contributed by atoms with Crippen LogP contribution in [0, 0.1) is 0 Å². The first-order chi connectivity index (χ1) is 14.2. The molecule has 0 radical (unpaired) electrons. The minimum Gasteiger partial charge on any atom is -0.484 e. The lowest BCUT2D eigenvalue weighted by atomic mass is 9.94. The van der Waals surface area contributed by atoms with Crippen LogP contribution in [0.3, 0.4) is 0 Å². The molecule has 0 bridgehead atoms. The SMILES string of the molecule is COC(=O)[C@@H]1Cc2ccccc2CN1C(=O)COc1ccc(-c2nnco2)cc1. The second kappa shape index (κ2) is 8.14. The van der Waals surface area contributed by atoms with Gasteiger partial charge in [0.2, 0.25) is 12.3 Å². The Labute approximate surface area is 167 Å². The van der Waals surface area contributed by atoms with Crippen LogP contribution in [0.4, 0.5) is 0 Å². The number of nitrogens with zero attached hydrogens (tertiary/aromatic N) is 3. The van der Waals surface area contributed by atoms with Crippen LogP contribution in [-0.2, 0) is 27.3 Å². The zero-order valence-electron chi connectivity index (χ0n) is 15.8. The Hall–Kier alpha value is -3.68. The number of esters is 1. The van der Waals surface area contributed by atoms with Gasteiger partial charge in [0.05, 0.1) is 7.11 Å². The Bertz CT molecular complexity index is 1000. The predicted molar refractivity (Wildman–Crippen MR) is 102 cm³/mol. The van der Waals surface area contributed by atoms with E-state index in [0.717, 1.165) is 16.7 Å². The van der Waals surface area contributed by atoms with Gasteiger partial charge in [-0.3, -0.25) is 4.79 Å². The van der Waals surface area contributed by atoms with Crippen molar-refractivity contribution < 1.29 is 23.5 Å². The van der Waals surface area contributed by atoms with Crippen molar-refractivity contribution >= 4 is 11.9 Å². The van der Waals surface area contributed by atoms with E-state index in [4.69, 9.17) is 13.9 Å². The zero-order valence-corrected chi connectivity index (χ0v) is 15.8. The van der Waals surface area contributed by atoms with E-state index >= 15 is 0 Å². The second-order valence-electron chi connectivity index (χ2n) is 6.59. The predicted octanol–water partition coefficient (Wildman–Crippen LogP) is 2.24. The van der Waals surface area contributed by atoms with Gasteiger partial charge in [-0.1, -0.05) is 24.3 Å². The highest BCUT2D eigenvalue weighted by atomic mass is 16.5. The Morgan fingerprint density at radius 2 is 1.90 bits per heavy atom. The van der Waals surface area contributed by atoms with E-state index < -0.39 is 12.0 Å². The number of hydrogen-bond donors (Lipinski definition) is 0. The van der Waals surface area contributed by atoms with Gasteiger partial charge in [0, 0.05) is 18.5 Å². The van der Waals surface area contributed by atoms with Crippen LogP contribution < -0.4 is 4.74 Å². The molecule has 29 heavy (non-hydrogen) atoms. The van der Waals surface area contributed by atoms with E-state index in [9.17, 15) is 9.59 Å². The molecule has 0 unspecified atom stereocenters. The normalized spacial score (nSPS) is 15.5. The summed E-state index contributed by atoms with van der Waals surface area (Å²) in [7, 11) is 1.33. The third kappa shape index (κ3) is 3.96. The number of amides is 1. The van der Waals surface area contributed by atoms with Crippen molar-refractivity contribution in [3.63, 3.8) is 0 Å². The number of methoxy groups -OCH3 is 1. The Balaban J connectivity index is 1.44. The Kier molecular flexibility index (Phi) is 5.24. The average Bonchev–Trinajstić information content (AvgIpc) is 3.31. The molecular weight excluding hydrogens is 374 g/mol. The van der Waals surface area contributed by atoms with E-state index in [-0.39, 0.29) is 12.5 Å². The summed E-state index contributed by atoms with van der Waals surface area (Å²) in [5, 5.41) is 7.48. The lowest BCUT2D eigenvalue weighted by molar-refractivity contribution is -0.154. The Morgan fingerprint density at radius 1 is 1.14 bits per heavy atom. The number of hydrogen-bond acceptors (Lipinski definition) is 7.